The Hall–Kier alpha value is 0.390. The maximum absolute atomic E-state index is 5.31. The van der Waals surface area contributed by atoms with Crippen LogP contribution in [0, 0.1) is 2.88 Å². The van der Waals surface area contributed by atoms with Crippen LogP contribution in [0.1, 0.15) is 24.6 Å². The van der Waals surface area contributed by atoms with E-state index in [2.05, 4.69) is 50.3 Å². The van der Waals surface area contributed by atoms with Gasteiger partial charge in [-0.3, -0.25) is 4.99 Å². The van der Waals surface area contributed by atoms with Crippen LogP contribution >= 0.6 is 57.9 Å². The van der Waals surface area contributed by atoms with Gasteiger partial charge in [-0.2, -0.15) is 0 Å². The first-order chi connectivity index (χ1) is 9.76. The summed E-state index contributed by atoms with van der Waals surface area (Å²) in [5, 5.41) is 6.66. The lowest BCUT2D eigenvalue weighted by Crippen LogP contribution is -2.38. The molecule has 0 unspecified atom stereocenters. The molecule has 1 aromatic rings. The Kier molecular flexibility index (Phi) is 14.3. The summed E-state index contributed by atoms with van der Waals surface area (Å²) in [6, 6.07) is 4.35. The summed E-state index contributed by atoms with van der Waals surface area (Å²) >= 11 is 4.21. The molecule has 0 saturated heterocycles. The number of aliphatic imine (C=N–C) groups is 1. The molecule has 0 aliphatic heterocycles. The second kappa shape index (κ2) is 14.0. The van der Waals surface area contributed by atoms with Gasteiger partial charge in [-0.05, 0) is 60.9 Å². The van der Waals surface area contributed by atoms with E-state index in [4.69, 9.17) is 4.74 Å². The highest BCUT2D eigenvalue weighted by Crippen LogP contribution is 2.18. The van der Waals surface area contributed by atoms with E-state index in [1.165, 1.54) is 7.76 Å². The van der Waals surface area contributed by atoms with Gasteiger partial charge in [-0.25, -0.2) is 0 Å². The van der Waals surface area contributed by atoms with Gasteiger partial charge in [0.2, 0.25) is 0 Å². The average Bonchev–Trinajstić information content (AvgIpc) is 2.86. The topological polar surface area (TPSA) is 45.6 Å². The van der Waals surface area contributed by atoms with E-state index in [9.17, 15) is 0 Å². The fraction of sp³-hybridized carbons (Fsp3) is 0.643. The first-order valence-electron chi connectivity index (χ1n) is 7.02. The van der Waals surface area contributed by atoms with Crippen molar-refractivity contribution in [2.45, 2.75) is 26.2 Å². The summed E-state index contributed by atoms with van der Waals surface area (Å²) < 4.78 is 6.65. The van der Waals surface area contributed by atoms with Gasteiger partial charge in [0.25, 0.3) is 0 Å². The molecule has 0 fully saturated rings. The zero-order valence-corrected chi connectivity index (χ0v) is 18.0. The minimum atomic E-state index is 0. The van der Waals surface area contributed by atoms with Gasteiger partial charge in [-0.1, -0.05) is 0 Å². The van der Waals surface area contributed by atoms with Gasteiger partial charge in [0.1, 0.15) is 0 Å². The van der Waals surface area contributed by atoms with Crippen LogP contribution in [-0.2, 0) is 11.2 Å². The quantitative estimate of drug-likeness (QED) is 0.220. The first-order valence-corrected chi connectivity index (χ1v) is 8.92. The Morgan fingerprint density at radius 2 is 2.05 bits per heavy atom. The third kappa shape index (κ3) is 10.7. The van der Waals surface area contributed by atoms with Gasteiger partial charge in [-0.15, -0.1) is 35.3 Å². The SMILES string of the molecule is CCOCCCCNC(=NC)NCCc1ccc(I)s1.I. The summed E-state index contributed by atoms with van der Waals surface area (Å²) in [4.78, 5) is 5.63. The lowest BCUT2D eigenvalue weighted by molar-refractivity contribution is 0.143. The van der Waals surface area contributed by atoms with Crippen LogP contribution in [0.4, 0.5) is 0 Å². The van der Waals surface area contributed by atoms with Crippen LogP contribution in [0.2, 0.25) is 0 Å². The summed E-state index contributed by atoms with van der Waals surface area (Å²) in [7, 11) is 1.81. The molecule has 0 atom stereocenters. The number of rotatable bonds is 9. The average molecular weight is 537 g/mol. The minimum Gasteiger partial charge on any atom is -0.382 e. The zero-order valence-electron chi connectivity index (χ0n) is 12.7. The Bertz CT molecular complexity index is 399. The van der Waals surface area contributed by atoms with Crippen LogP contribution in [-0.4, -0.2) is 39.3 Å². The fourth-order valence-corrected chi connectivity index (χ4v) is 3.45. The number of hydrogen-bond acceptors (Lipinski definition) is 3. The van der Waals surface area contributed by atoms with Crippen molar-refractivity contribution in [3.8, 4) is 0 Å². The number of nitrogens with one attached hydrogen (secondary N) is 2. The molecule has 1 aromatic heterocycles. The van der Waals surface area contributed by atoms with E-state index in [0.29, 0.717) is 0 Å². The Morgan fingerprint density at radius 3 is 2.67 bits per heavy atom. The smallest absolute Gasteiger partial charge is 0.190 e. The van der Waals surface area contributed by atoms with Crippen molar-refractivity contribution in [3.63, 3.8) is 0 Å². The Labute approximate surface area is 162 Å². The summed E-state index contributed by atoms with van der Waals surface area (Å²) in [5.41, 5.74) is 0. The second-order valence-electron chi connectivity index (χ2n) is 4.29. The molecule has 21 heavy (non-hydrogen) atoms. The largest absolute Gasteiger partial charge is 0.382 e. The second-order valence-corrected chi connectivity index (χ2v) is 7.35. The number of nitrogens with zero attached hydrogens (tertiary/aromatic N) is 1. The standard InChI is InChI=1S/C14H24IN3OS.HI/c1-3-19-11-5-4-9-17-14(16-2)18-10-8-12-6-7-13(15)20-12;/h6-7H,3-5,8-11H2,1-2H3,(H2,16,17,18);1H. The van der Waals surface area contributed by atoms with E-state index < -0.39 is 0 Å². The molecule has 0 aliphatic rings. The molecule has 7 heteroatoms. The lowest BCUT2D eigenvalue weighted by Gasteiger charge is -2.11. The van der Waals surface area contributed by atoms with Crippen molar-refractivity contribution in [3.05, 3.63) is 19.9 Å². The molecule has 1 heterocycles. The molecular formula is C14H25I2N3OS. The summed E-state index contributed by atoms with van der Waals surface area (Å²) in [6.07, 6.45) is 3.23. The van der Waals surface area contributed by atoms with Crippen molar-refractivity contribution in [2.24, 2.45) is 4.99 Å². The van der Waals surface area contributed by atoms with Crippen LogP contribution in [0.5, 0.6) is 0 Å². The van der Waals surface area contributed by atoms with E-state index >= 15 is 0 Å². The van der Waals surface area contributed by atoms with Gasteiger partial charge in [0.15, 0.2) is 5.96 Å². The highest BCUT2D eigenvalue weighted by Gasteiger charge is 2.00. The maximum atomic E-state index is 5.31. The van der Waals surface area contributed by atoms with Crippen LogP contribution in [0.25, 0.3) is 0 Å². The number of unbranched alkanes of at least 4 members (excludes halogenated alkanes) is 1. The summed E-state index contributed by atoms with van der Waals surface area (Å²) in [5.74, 6) is 0.882. The summed E-state index contributed by atoms with van der Waals surface area (Å²) in [6.45, 7) is 5.52. The first kappa shape index (κ1) is 21.4. The third-order valence-corrected chi connectivity index (χ3v) is 4.68. The van der Waals surface area contributed by atoms with Gasteiger partial charge in [0, 0.05) is 38.2 Å². The molecule has 0 amide bonds. The van der Waals surface area contributed by atoms with Crippen LogP contribution in [0.3, 0.4) is 0 Å². The molecule has 122 valence electrons. The molecule has 2 N–H and O–H groups in total. The van der Waals surface area contributed by atoms with E-state index in [0.717, 1.165) is 51.5 Å². The van der Waals surface area contributed by atoms with Crippen LogP contribution in [0.15, 0.2) is 17.1 Å². The molecule has 0 bridgehead atoms. The van der Waals surface area contributed by atoms with Crippen molar-refractivity contribution in [1.29, 1.82) is 0 Å². The molecule has 0 aliphatic carbocycles. The molecular weight excluding hydrogens is 512 g/mol. The number of thiophene rings is 1. The Morgan fingerprint density at radius 1 is 1.29 bits per heavy atom. The molecule has 4 nitrogen and oxygen atoms in total. The van der Waals surface area contributed by atoms with E-state index in [-0.39, 0.29) is 24.0 Å². The molecule has 0 aromatic carbocycles. The molecule has 0 saturated carbocycles. The molecule has 0 spiro atoms. The number of ether oxygens (including phenoxy) is 1. The highest BCUT2D eigenvalue weighted by atomic mass is 127. The van der Waals surface area contributed by atoms with Crippen molar-refractivity contribution >= 4 is 63.9 Å². The number of hydrogen-bond donors (Lipinski definition) is 2. The molecule has 0 radical (unpaired) electrons. The molecule has 1 rings (SSSR count). The maximum Gasteiger partial charge on any atom is 0.190 e. The van der Waals surface area contributed by atoms with Crippen molar-refractivity contribution in [2.75, 3.05) is 33.4 Å². The lowest BCUT2D eigenvalue weighted by atomic mass is 10.3. The van der Waals surface area contributed by atoms with Gasteiger partial charge < -0.3 is 15.4 Å². The van der Waals surface area contributed by atoms with E-state index in [1.807, 2.05) is 25.3 Å². The van der Waals surface area contributed by atoms with Crippen molar-refractivity contribution < 1.29 is 4.74 Å². The van der Waals surface area contributed by atoms with Crippen molar-refractivity contribution in [1.82, 2.24) is 10.6 Å². The van der Waals surface area contributed by atoms with Crippen LogP contribution < -0.4 is 10.6 Å². The minimum absolute atomic E-state index is 0. The van der Waals surface area contributed by atoms with Gasteiger partial charge >= 0.3 is 0 Å². The highest BCUT2D eigenvalue weighted by molar-refractivity contribution is 14.1. The monoisotopic (exact) mass is 537 g/mol. The number of halogens is 2. The fourth-order valence-electron chi connectivity index (χ4n) is 1.69. The number of guanidine groups is 1. The van der Waals surface area contributed by atoms with Gasteiger partial charge in [0.05, 0.1) is 2.88 Å². The zero-order chi connectivity index (χ0) is 14.6. The normalized spacial score (nSPS) is 11.1. The predicted octanol–water partition coefficient (Wildman–Crippen LogP) is 3.49. The third-order valence-electron chi connectivity index (χ3n) is 2.73. The predicted molar refractivity (Wildman–Crippen MR) is 111 cm³/mol. The van der Waals surface area contributed by atoms with E-state index in [1.54, 1.807) is 0 Å². The Balaban J connectivity index is 0.00000400.